The molecule has 0 saturated carbocycles. The molecule has 0 radical (unpaired) electrons. The average Bonchev–Trinajstić information content (AvgIpc) is 3.31. The van der Waals surface area contributed by atoms with E-state index in [4.69, 9.17) is 0 Å². The van der Waals surface area contributed by atoms with Crippen molar-refractivity contribution in [1.29, 1.82) is 0 Å². The van der Waals surface area contributed by atoms with Gasteiger partial charge in [0.2, 0.25) is 5.82 Å². The van der Waals surface area contributed by atoms with Crippen molar-refractivity contribution in [1.82, 2.24) is 30.6 Å². The second-order valence-electron chi connectivity index (χ2n) is 7.89. The van der Waals surface area contributed by atoms with E-state index in [-0.39, 0.29) is 11.7 Å². The summed E-state index contributed by atoms with van der Waals surface area (Å²) in [5.41, 5.74) is 4.69. The Morgan fingerprint density at radius 1 is 0.970 bits per heavy atom. The summed E-state index contributed by atoms with van der Waals surface area (Å²) >= 11 is 0. The van der Waals surface area contributed by atoms with Gasteiger partial charge in [-0.3, -0.25) is 0 Å². The summed E-state index contributed by atoms with van der Waals surface area (Å²) in [5, 5.41) is 17.1. The summed E-state index contributed by atoms with van der Waals surface area (Å²) in [4.78, 5) is 7.44. The quantitative estimate of drug-likeness (QED) is 0.407. The highest BCUT2D eigenvalue weighted by Crippen LogP contribution is 2.33. The van der Waals surface area contributed by atoms with Crippen LogP contribution in [0.2, 0.25) is 0 Å². The normalized spacial score (nSPS) is 11.7. The van der Waals surface area contributed by atoms with Crippen LogP contribution >= 0.6 is 0 Å². The molecule has 0 spiro atoms. The molecule has 0 aliphatic heterocycles. The van der Waals surface area contributed by atoms with E-state index < -0.39 is 12.0 Å². The monoisotopic (exact) mass is 453 g/mol. The maximum atomic E-state index is 13.2. The molecule has 2 aromatic carbocycles. The summed E-state index contributed by atoms with van der Waals surface area (Å²) in [6, 6.07) is 15.5. The van der Waals surface area contributed by atoms with Gasteiger partial charge in [0, 0.05) is 23.4 Å². The molecule has 0 aliphatic carbocycles. The highest BCUT2D eigenvalue weighted by atomic mass is 19.4. The molecule has 0 atom stereocenters. The number of rotatable bonds is 6. The number of aryl methyl sites for hydroxylation is 1. The number of halogens is 3. The lowest BCUT2D eigenvalue weighted by atomic mass is 9.98. The SMILES string of the molecule is Cc1nc(C(F)(F)F)nc(NCc2ccc(-c3ccccc3-c3nnn[nH]3)cc2)c1C(C)C. The van der Waals surface area contributed by atoms with E-state index in [9.17, 15) is 13.2 Å². The number of alkyl halides is 3. The fourth-order valence-corrected chi connectivity index (χ4v) is 3.74. The predicted octanol–water partition coefficient (Wildman–Crippen LogP) is 5.39. The molecule has 0 fully saturated rings. The van der Waals surface area contributed by atoms with E-state index in [0.29, 0.717) is 23.6 Å². The van der Waals surface area contributed by atoms with Crippen molar-refractivity contribution in [2.24, 2.45) is 0 Å². The molecule has 2 aromatic heterocycles. The van der Waals surface area contributed by atoms with Crippen LogP contribution in [0.4, 0.5) is 19.0 Å². The maximum absolute atomic E-state index is 13.2. The molecule has 7 nitrogen and oxygen atoms in total. The summed E-state index contributed by atoms with van der Waals surface area (Å²) in [7, 11) is 0. The van der Waals surface area contributed by atoms with Crippen molar-refractivity contribution in [2.45, 2.75) is 39.4 Å². The third-order valence-electron chi connectivity index (χ3n) is 5.22. The largest absolute Gasteiger partial charge is 0.451 e. The van der Waals surface area contributed by atoms with E-state index in [1.54, 1.807) is 6.92 Å². The third kappa shape index (κ3) is 4.84. The summed E-state index contributed by atoms with van der Waals surface area (Å²) in [6.07, 6.45) is -4.61. The molecule has 0 amide bonds. The van der Waals surface area contributed by atoms with Gasteiger partial charge < -0.3 is 5.32 Å². The Labute approximate surface area is 188 Å². The van der Waals surface area contributed by atoms with Crippen LogP contribution < -0.4 is 5.32 Å². The molecule has 0 bridgehead atoms. The van der Waals surface area contributed by atoms with Gasteiger partial charge in [-0.1, -0.05) is 62.4 Å². The first-order chi connectivity index (χ1) is 15.7. The van der Waals surface area contributed by atoms with Crippen molar-refractivity contribution in [2.75, 3.05) is 5.32 Å². The first-order valence-corrected chi connectivity index (χ1v) is 10.4. The van der Waals surface area contributed by atoms with Gasteiger partial charge in [0.1, 0.15) is 5.82 Å². The number of aromatic amines is 1. The van der Waals surface area contributed by atoms with Crippen LogP contribution in [0.3, 0.4) is 0 Å². The zero-order valence-electron chi connectivity index (χ0n) is 18.3. The van der Waals surface area contributed by atoms with Crippen molar-refractivity contribution in [3.63, 3.8) is 0 Å². The van der Waals surface area contributed by atoms with E-state index in [0.717, 1.165) is 22.3 Å². The highest BCUT2D eigenvalue weighted by Gasteiger charge is 2.36. The number of tetrazole rings is 1. The standard InChI is InChI=1S/C23H22F3N7/c1-13(2)19-14(3)28-22(23(24,25)26)29-21(19)27-12-15-8-10-16(11-9-15)17-6-4-5-7-18(17)20-30-32-33-31-20/h4-11,13H,12H2,1-3H3,(H,27,28,29)(H,30,31,32,33). The smallest absolute Gasteiger partial charge is 0.366 e. The molecular formula is C23H22F3N7. The van der Waals surface area contributed by atoms with E-state index >= 15 is 0 Å². The topological polar surface area (TPSA) is 92.3 Å². The van der Waals surface area contributed by atoms with Crippen LogP contribution in [0, 0.1) is 6.92 Å². The van der Waals surface area contributed by atoms with E-state index in [1.165, 1.54) is 0 Å². The Hall–Kier alpha value is -3.82. The molecular weight excluding hydrogens is 431 g/mol. The van der Waals surface area contributed by atoms with Crippen LogP contribution in [0.5, 0.6) is 0 Å². The van der Waals surface area contributed by atoms with Gasteiger partial charge in [0.25, 0.3) is 0 Å². The van der Waals surface area contributed by atoms with Crippen molar-refractivity contribution >= 4 is 5.82 Å². The number of nitrogens with zero attached hydrogens (tertiary/aromatic N) is 5. The van der Waals surface area contributed by atoms with Crippen LogP contribution in [-0.4, -0.2) is 30.6 Å². The molecule has 4 aromatic rings. The number of H-pyrrole nitrogens is 1. The molecule has 2 heterocycles. The lowest BCUT2D eigenvalue weighted by Gasteiger charge is -2.18. The first kappa shape index (κ1) is 22.4. The number of aromatic nitrogens is 6. The number of anilines is 1. The predicted molar refractivity (Wildman–Crippen MR) is 118 cm³/mol. The van der Waals surface area contributed by atoms with Crippen molar-refractivity contribution in [3.05, 3.63) is 71.2 Å². The minimum atomic E-state index is -4.61. The Morgan fingerprint density at radius 2 is 1.67 bits per heavy atom. The fourth-order valence-electron chi connectivity index (χ4n) is 3.74. The third-order valence-corrected chi connectivity index (χ3v) is 5.22. The molecule has 33 heavy (non-hydrogen) atoms. The number of benzene rings is 2. The second-order valence-corrected chi connectivity index (χ2v) is 7.89. The Balaban J connectivity index is 1.58. The van der Waals surface area contributed by atoms with Crippen LogP contribution in [0.1, 0.15) is 42.4 Å². The van der Waals surface area contributed by atoms with Crippen molar-refractivity contribution < 1.29 is 13.2 Å². The zero-order valence-corrected chi connectivity index (χ0v) is 18.3. The summed E-state index contributed by atoms with van der Waals surface area (Å²) in [6.45, 7) is 5.70. The van der Waals surface area contributed by atoms with E-state index in [1.807, 2.05) is 62.4 Å². The minimum Gasteiger partial charge on any atom is -0.366 e. The minimum absolute atomic E-state index is 0.0285. The van der Waals surface area contributed by atoms with Gasteiger partial charge in [0.05, 0.1) is 0 Å². The molecule has 10 heteroatoms. The Bertz CT molecular complexity index is 1230. The molecule has 170 valence electrons. The number of hydrogen-bond donors (Lipinski definition) is 2. The van der Waals surface area contributed by atoms with Gasteiger partial charge >= 0.3 is 6.18 Å². The zero-order chi connectivity index (χ0) is 23.6. The number of nitrogens with one attached hydrogen (secondary N) is 2. The lowest BCUT2D eigenvalue weighted by Crippen LogP contribution is -2.17. The summed E-state index contributed by atoms with van der Waals surface area (Å²) < 4.78 is 39.7. The van der Waals surface area contributed by atoms with Gasteiger partial charge in [0.15, 0.2) is 5.82 Å². The maximum Gasteiger partial charge on any atom is 0.451 e. The van der Waals surface area contributed by atoms with Gasteiger partial charge in [-0.15, -0.1) is 5.10 Å². The van der Waals surface area contributed by atoms with E-state index in [2.05, 4.69) is 35.9 Å². The van der Waals surface area contributed by atoms with Crippen LogP contribution in [-0.2, 0) is 12.7 Å². The molecule has 0 unspecified atom stereocenters. The Morgan fingerprint density at radius 3 is 2.27 bits per heavy atom. The lowest BCUT2D eigenvalue weighted by molar-refractivity contribution is -0.145. The van der Waals surface area contributed by atoms with Crippen LogP contribution in [0.25, 0.3) is 22.5 Å². The van der Waals surface area contributed by atoms with Gasteiger partial charge in [-0.05, 0) is 40.0 Å². The Kier molecular flexibility index (Phi) is 6.08. The number of hydrogen-bond acceptors (Lipinski definition) is 6. The first-order valence-electron chi connectivity index (χ1n) is 10.4. The second kappa shape index (κ2) is 8.97. The highest BCUT2D eigenvalue weighted by molar-refractivity contribution is 5.80. The fraction of sp³-hybridized carbons (Fsp3) is 0.261. The molecule has 4 rings (SSSR count). The molecule has 0 saturated heterocycles. The van der Waals surface area contributed by atoms with Gasteiger partial charge in [-0.2, -0.15) is 13.2 Å². The van der Waals surface area contributed by atoms with Crippen molar-refractivity contribution in [3.8, 4) is 22.5 Å². The average molecular weight is 453 g/mol. The van der Waals surface area contributed by atoms with Crippen LogP contribution in [0.15, 0.2) is 48.5 Å². The van der Waals surface area contributed by atoms with Gasteiger partial charge in [-0.25, -0.2) is 15.1 Å². The summed E-state index contributed by atoms with van der Waals surface area (Å²) in [5.74, 6) is -0.394. The molecule has 0 aliphatic rings. The molecule has 2 N–H and O–H groups in total.